The molecule has 0 amide bonds. The lowest BCUT2D eigenvalue weighted by molar-refractivity contribution is -0.137. The number of oxime groups is 1. The molecule has 0 saturated heterocycles. The van der Waals surface area contributed by atoms with E-state index in [9.17, 15) is 18.0 Å². The Hall–Kier alpha value is -2.91. The van der Waals surface area contributed by atoms with Gasteiger partial charge in [-0.2, -0.15) is 13.2 Å². The van der Waals surface area contributed by atoms with Crippen molar-refractivity contribution in [3.8, 4) is 5.75 Å². The van der Waals surface area contributed by atoms with Crippen molar-refractivity contribution in [1.82, 2.24) is 4.98 Å². The summed E-state index contributed by atoms with van der Waals surface area (Å²) in [5.74, 6) is -0.225. The van der Waals surface area contributed by atoms with E-state index in [0.29, 0.717) is 27.2 Å². The summed E-state index contributed by atoms with van der Waals surface area (Å²) in [6.45, 7) is 1.84. The highest BCUT2D eigenvalue weighted by Gasteiger charge is 2.30. The number of hydrogen-bond acceptors (Lipinski definition) is 6. The standard InChI is InChI=1S/C20H14ClF3N2O3S/c1-12(26-29-19(27)13-2-4-14(5-3-13)20(22,23)24)17-11-30-18(25-17)10-28-16-8-6-15(21)7-9-16/h2-9,11H,10H2,1H3/b26-12-. The van der Waals surface area contributed by atoms with Crippen molar-refractivity contribution in [2.75, 3.05) is 0 Å². The maximum atomic E-state index is 12.6. The lowest BCUT2D eigenvalue weighted by Crippen LogP contribution is -2.07. The summed E-state index contributed by atoms with van der Waals surface area (Å²) in [6, 6.07) is 10.6. The van der Waals surface area contributed by atoms with Gasteiger partial charge in [-0.25, -0.2) is 9.78 Å². The Morgan fingerprint density at radius 1 is 1.13 bits per heavy atom. The number of thiazole rings is 1. The van der Waals surface area contributed by atoms with Crippen LogP contribution in [0.15, 0.2) is 59.1 Å². The zero-order valence-corrected chi connectivity index (χ0v) is 17.0. The van der Waals surface area contributed by atoms with Crippen molar-refractivity contribution in [2.24, 2.45) is 5.16 Å². The first-order valence-electron chi connectivity index (χ1n) is 8.49. The second-order valence-corrected chi connectivity index (χ2v) is 7.38. The fourth-order valence-corrected chi connectivity index (χ4v) is 3.10. The number of hydrogen-bond donors (Lipinski definition) is 0. The predicted molar refractivity (Wildman–Crippen MR) is 107 cm³/mol. The summed E-state index contributed by atoms with van der Waals surface area (Å²) in [4.78, 5) is 21.1. The zero-order chi connectivity index (χ0) is 21.7. The van der Waals surface area contributed by atoms with Gasteiger partial charge in [-0.15, -0.1) is 11.3 Å². The number of carbonyl (C=O) groups excluding carboxylic acids is 1. The molecule has 1 aromatic heterocycles. The average Bonchev–Trinajstić information content (AvgIpc) is 3.20. The molecule has 5 nitrogen and oxygen atoms in total. The Kier molecular flexibility index (Phi) is 6.73. The van der Waals surface area contributed by atoms with Gasteiger partial charge in [-0.05, 0) is 55.5 Å². The van der Waals surface area contributed by atoms with Gasteiger partial charge in [0.2, 0.25) is 0 Å². The van der Waals surface area contributed by atoms with E-state index in [4.69, 9.17) is 21.2 Å². The van der Waals surface area contributed by atoms with Gasteiger partial charge in [-0.3, -0.25) is 0 Å². The Morgan fingerprint density at radius 2 is 1.80 bits per heavy atom. The first-order chi connectivity index (χ1) is 14.2. The molecule has 30 heavy (non-hydrogen) atoms. The van der Waals surface area contributed by atoms with Gasteiger partial charge in [0.1, 0.15) is 23.1 Å². The average molecular weight is 455 g/mol. The van der Waals surface area contributed by atoms with E-state index >= 15 is 0 Å². The number of carbonyl (C=O) groups is 1. The van der Waals surface area contributed by atoms with E-state index in [-0.39, 0.29) is 12.2 Å². The van der Waals surface area contributed by atoms with E-state index in [1.165, 1.54) is 11.3 Å². The first kappa shape index (κ1) is 21.8. The number of benzene rings is 2. The third kappa shape index (κ3) is 5.80. The van der Waals surface area contributed by atoms with Crippen LogP contribution in [0.3, 0.4) is 0 Å². The minimum atomic E-state index is -4.48. The number of halogens is 4. The number of aromatic nitrogens is 1. The van der Waals surface area contributed by atoms with Crippen molar-refractivity contribution < 1.29 is 27.5 Å². The van der Waals surface area contributed by atoms with Crippen molar-refractivity contribution in [3.05, 3.63) is 80.8 Å². The van der Waals surface area contributed by atoms with Crippen LogP contribution in [0.5, 0.6) is 5.75 Å². The molecule has 156 valence electrons. The van der Waals surface area contributed by atoms with Crippen LogP contribution in [0.2, 0.25) is 5.02 Å². The molecule has 0 unspecified atom stereocenters. The molecule has 0 N–H and O–H groups in total. The van der Waals surface area contributed by atoms with Gasteiger partial charge in [0.15, 0.2) is 0 Å². The van der Waals surface area contributed by atoms with Crippen LogP contribution in [0.25, 0.3) is 0 Å². The lowest BCUT2D eigenvalue weighted by Gasteiger charge is -2.06. The van der Waals surface area contributed by atoms with E-state index in [1.54, 1.807) is 36.6 Å². The molecule has 3 aromatic rings. The Morgan fingerprint density at radius 3 is 2.43 bits per heavy atom. The van der Waals surface area contributed by atoms with Crippen LogP contribution in [-0.2, 0) is 17.6 Å². The molecule has 0 aliphatic rings. The third-order valence-corrected chi connectivity index (χ3v) is 4.89. The smallest absolute Gasteiger partial charge is 0.416 e. The topological polar surface area (TPSA) is 60.8 Å². The molecule has 0 radical (unpaired) electrons. The molecule has 0 atom stereocenters. The zero-order valence-electron chi connectivity index (χ0n) is 15.4. The molecule has 0 bridgehead atoms. The van der Waals surface area contributed by atoms with Crippen LogP contribution in [0.4, 0.5) is 13.2 Å². The molecule has 0 spiro atoms. The summed E-state index contributed by atoms with van der Waals surface area (Å²) in [5, 5.41) is 6.74. The second kappa shape index (κ2) is 9.27. The van der Waals surface area contributed by atoms with Gasteiger partial charge >= 0.3 is 12.1 Å². The fourth-order valence-electron chi connectivity index (χ4n) is 2.22. The number of alkyl halides is 3. The number of rotatable bonds is 6. The third-order valence-electron chi connectivity index (χ3n) is 3.81. The summed E-state index contributed by atoms with van der Waals surface area (Å²) in [7, 11) is 0. The maximum Gasteiger partial charge on any atom is 0.416 e. The van der Waals surface area contributed by atoms with Crippen molar-refractivity contribution >= 4 is 34.6 Å². The normalized spacial score (nSPS) is 12.0. The largest absolute Gasteiger partial charge is 0.486 e. The molecule has 1 heterocycles. The highest BCUT2D eigenvalue weighted by Crippen LogP contribution is 2.29. The van der Waals surface area contributed by atoms with E-state index < -0.39 is 17.7 Å². The molecule has 3 rings (SSSR count). The summed E-state index contributed by atoms with van der Waals surface area (Å²) in [6.07, 6.45) is -4.48. The summed E-state index contributed by atoms with van der Waals surface area (Å²) < 4.78 is 43.3. The van der Waals surface area contributed by atoms with Crippen LogP contribution in [0.1, 0.15) is 33.5 Å². The first-order valence-corrected chi connectivity index (χ1v) is 9.74. The Balaban J connectivity index is 1.57. The van der Waals surface area contributed by atoms with Gasteiger partial charge in [0.05, 0.1) is 16.8 Å². The van der Waals surface area contributed by atoms with Crippen molar-refractivity contribution in [2.45, 2.75) is 19.7 Å². The van der Waals surface area contributed by atoms with E-state index in [0.717, 1.165) is 24.3 Å². The SMILES string of the molecule is C/C(=N/OC(=O)c1ccc(C(F)(F)F)cc1)c1csc(COc2ccc(Cl)cc2)n1. The van der Waals surface area contributed by atoms with Crippen LogP contribution >= 0.6 is 22.9 Å². The molecule has 0 aliphatic heterocycles. The fraction of sp³-hybridized carbons (Fsp3) is 0.150. The Bertz CT molecular complexity index is 1050. The highest BCUT2D eigenvalue weighted by molar-refractivity contribution is 7.09. The molecule has 2 aromatic carbocycles. The van der Waals surface area contributed by atoms with Crippen LogP contribution in [-0.4, -0.2) is 16.7 Å². The maximum absolute atomic E-state index is 12.6. The van der Waals surface area contributed by atoms with Gasteiger partial charge < -0.3 is 9.57 Å². The Labute approximate surface area is 178 Å². The lowest BCUT2D eigenvalue weighted by atomic mass is 10.1. The molecule has 10 heteroatoms. The molecular weight excluding hydrogens is 441 g/mol. The number of nitrogens with zero attached hydrogens (tertiary/aromatic N) is 2. The van der Waals surface area contributed by atoms with Crippen molar-refractivity contribution in [3.63, 3.8) is 0 Å². The van der Waals surface area contributed by atoms with Gasteiger partial charge in [-0.1, -0.05) is 16.8 Å². The second-order valence-electron chi connectivity index (χ2n) is 6.00. The predicted octanol–water partition coefficient (Wildman–Crippen LogP) is 5.98. The molecular formula is C20H14ClF3N2O3S. The molecule has 0 aliphatic carbocycles. The van der Waals surface area contributed by atoms with Crippen LogP contribution < -0.4 is 4.74 Å². The van der Waals surface area contributed by atoms with Gasteiger partial charge in [0, 0.05) is 10.4 Å². The minimum Gasteiger partial charge on any atom is -0.486 e. The van der Waals surface area contributed by atoms with Gasteiger partial charge in [0.25, 0.3) is 0 Å². The van der Waals surface area contributed by atoms with E-state index in [1.807, 2.05) is 0 Å². The molecule has 0 saturated carbocycles. The minimum absolute atomic E-state index is 0.0464. The molecule has 0 fully saturated rings. The highest BCUT2D eigenvalue weighted by atomic mass is 35.5. The van der Waals surface area contributed by atoms with E-state index in [2.05, 4.69) is 10.1 Å². The van der Waals surface area contributed by atoms with Crippen molar-refractivity contribution in [1.29, 1.82) is 0 Å². The summed E-state index contributed by atoms with van der Waals surface area (Å²) in [5.41, 5.74) is -0.0661. The van der Waals surface area contributed by atoms with Crippen LogP contribution in [0, 0.1) is 0 Å². The quantitative estimate of drug-likeness (QED) is 0.261. The number of ether oxygens (including phenoxy) is 1. The monoisotopic (exact) mass is 454 g/mol. The summed E-state index contributed by atoms with van der Waals surface area (Å²) >= 11 is 7.17.